The van der Waals surface area contributed by atoms with Crippen LogP contribution in [0.4, 0.5) is 5.69 Å². The van der Waals surface area contributed by atoms with Gasteiger partial charge in [-0.15, -0.1) is 0 Å². The number of methoxy groups -OCH3 is 1. The highest BCUT2D eigenvalue weighted by Crippen LogP contribution is 2.15. The average Bonchev–Trinajstić information content (AvgIpc) is 2.67. The van der Waals surface area contributed by atoms with Crippen LogP contribution in [0.2, 0.25) is 0 Å². The van der Waals surface area contributed by atoms with Gasteiger partial charge in [0.25, 0.3) is 11.8 Å². The van der Waals surface area contributed by atoms with Gasteiger partial charge >= 0.3 is 0 Å². The van der Waals surface area contributed by atoms with Crippen LogP contribution in [0.3, 0.4) is 0 Å². The quantitative estimate of drug-likeness (QED) is 0.677. The van der Waals surface area contributed by atoms with Gasteiger partial charge in [0.1, 0.15) is 5.75 Å². The predicted molar refractivity (Wildman–Crippen MR) is 101 cm³/mol. The molecule has 0 radical (unpaired) electrons. The van der Waals surface area contributed by atoms with Gasteiger partial charge in [0.2, 0.25) is 0 Å². The van der Waals surface area contributed by atoms with Crippen LogP contribution in [0, 0.1) is 0 Å². The standard InChI is InChI=1S/C20H24N2O4/c1-3-12-26-18-9-7-15(8-10-18)20(24)22-17-6-4-5-16(14-17)19(23)21-11-13-25-2/h4-10,14H,3,11-13H2,1-2H3,(H,21,23)(H,22,24). The Morgan fingerprint density at radius 2 is 1.73 bits per heavy atom. The van der Waals surface area contributed by atoms with Crippen molar-refractivity contribution in [3.05, 3.63) is 59.7 Å². The highest BCUT2D eigenvalue weighted by molar-refractivity contribution is 6.05. The van der Waals surface area contributed by atoms with Crippen LogP contribution in [-0.4, -0.2) is 38.7 Å². The van der Waals surface area contributed by atoms with Crippen LogP contribution < -0.4 is 15.4 Å². The summed E-state index contributed by atoms with van der Waals surface area (Å²) >= 11 is 0. The molecule has 0 unspecified atom stereocenters. The van der Waals surface area contributed by atoms with E-state index in [-0.39, 0.29) is 11.8 Å². The lowest BCUT2D eigenvalue weighted by Gasteiger charge is -2.09. The van der Waals surface area contributed by atoms with Crippen molar-refractivity contribution in [3.63, 3.8) is 0 Å². The summed E-state index contributed by atoms with van der Waals surface area (Å²) in [7, 11) is 1.57. The molecule has 2 N–H and O–H groups in total. The summed E-state index contributed by atoms with van der Waals surface area (Å²) in [6.45, 7) is 3.55. The van der Waals surface area contributed by atoms with Crippen molar-refractivity contribution < 1.29 is 19.1 Å². The number of anilines is 1. The first-order valence-corrected chi connectivity index (χ1v) is 8.55. The number of benzene rings is 2. The van der Waals surface area contributed by atoms with E-state index in [0.717, 1.165) is 12.2 Å². The van der Waals surface area contributed by atoms with Gasteiger partial charge in [-0.2, -0.15) is 0 Å². The summed E-state index contributed by atoms with van der Waals surface area (Å²) in [5, 5.41) is 5.54. The van der Waals surface area contributed by atoms with Gasteiger partial charge in [-0.1, -0.05) is 13.0 Å². The molecule has 0 aliphatic rings. The third-order valence-electron chi connectivity index (χ3n) is 3.56. The zero-order valence-electron chi connectivity index (χ0n) is 15.1. The molecule has 0 fully saturated rings. The van der Waals surface area contributed by atoms with Crippen molar-refractivity contribution in [3.8, 4) is 5.75 Å². The third kappa shape index (κ3) is 5.89. The van der Waals surface area contributed by atoms with Crippen molar-refractivity contribution in [1.29, 1.82) is 0 Å². The Hall–Kier alpha value is -2.86. The lowest BCUT2D eigenvalue weighted by atomic mass is 10.1. The fraction of sp³-hybridized carbons (Fsp3) is 0.300. The number of ether oxygens (including phenoxy) is 2. The van der Waals surface area contributed by atoms with Crippen molar-refractivity contribution in [2.45, 2.75) is 13.3 Å². The first-order valence-electron chi connectivity index (χ1n) is 8.55. The molecule has 0 aromatic heterocycles. The minimum absolute atomic E-state index is 0.212. The smallest absolute Gasteiger partial charge is 0.255 e. The maximum atomic E-state index is 12.4. The first-order chi connectivity index (χ1) is 12.6. The normalized spacial score (nSPS) is 10.2. The molecule has 0 saturated carbocycles. The zero-order valence-corrected chi connectivity index (χ0v) is 15.1. The second-order valence-corrected chi connectivity index (χ2v) is 5.66. The van der Waals surface area contributed by atoms with Crippen molar-refractivity contribution in [2.75, 3.05) is 32.2 Å². The summed E-state index contributed by atoms with van der Waals surface area (Å²) in [6, 6.07) is 13.7. The highest BCUT2D eigenvalue weighted by Gasteiger charge is 2.09. The fourth-order valence-electron chi connectivity index (χ4n) is 2.23. The molecular formula is C20H24N2O4. The topological polar surface area (TPSA) is 76.7 Å². The van der Waals surface area contributed by atoms with Gasteiger partial charge in [0, 0.05) is 30.5 Å². The molecule has 0 aliphatic carbocycles. The Morgan fingerprint density at radius 1 is 0.962 bits per heavy atom. The van der Waals surface area contributed by atoms with Crippen LogP contribution >= 0.6 is 0 Å². The van der Waals surface area contributed by atoms with Crippen LogP contribution in [0.5, 0.6) is 5.75 Å². The van der Waals surface area contributed by atoms with Crippen LogP contribution in [0.1, 0.15) is 34.1 Å². The Bertz CT molecular complexity index is 729. The first kappa shape index (κ1) is 19.5. The molecule has 6 nitrogen and oxygen atoms in total. The summed E-state index contributed by atoms with van der Waals surface area (Å²) in [5.74, 6) is 0.276. The maximum Gasteiger partial charge on any atom is 0.255 e. The monoisotopic (exact) mass is 356 g/mol. The molecule has 2 aromatic carbocycles. The molecule has 0 atom stereocenters. The molecule has 2 rings (SSSR count). The van der Waals surface area contributed by atoms with Gasteiger partial charge in [-0.05, 0) is 48.9 Å². The van der Waals surface area contributed by atoms with Crippen LogP contribution in [0.25, 0.3) is 0 Å². The Kier molecular flexibility index (Phi) is 7.64. The van der Waals surface area contributed by atoms with Crippen LogP contribution in [-0.2, 0) is 4.74 Å². The van der Waals surface area contributed by atoms with E-state index in [1.165, 1.54) is 0 Å². The Morgan fingerprint density at radius 3 is 2.42 bits per heavy atom. The SMILES string of the molecule is CCCOc1ccc(C(=O)Nc2cccc(C(=O)NCCOC)c2)cc1. The van der Waals surface area contributed by atoms with E-state index in [0.29, 0.717) is 36.6 Å². The van der Waals surface area contributed by atoms with Gasteiger partial charge < -0.3 is 20.1 Å². The van der Waals surface area contributed by atoms with E-state index >= 15 is 0 Å². The molecule has 2 aromatic rings. The maximum absolute atomic E-state index is 12.4. The molecule has 0 aliphatic heterocycles. The number of carbonyl (C=O) groups excluding carboxylic acids is 2. The second kappa shape index (κ2) is 10.2. The molecule has 6 heteroatoms. The molecule has 0 bridgehead atoms. The average molecular weight is 356 g/mol. The van der Waals surface area contributed by atoms with Gasteiger partial charge in [0.15, 0.2) is 0 Å². The van der Waals surface area contributed by atoms with Crippen molar-refractivity contribution >= 4 is 17.5 Å². The molecule has 2 amide bonds. The van der Waals surface area contributed by atoms with E-state index < -0.39 is 0 Å². The largest absolute Gasteiger partial charge is 0.494 e. The van der Waals surface area contributed by atoms with Crippen LogP contribution in [0.15, 0.2) is 48.5 Å². The van der Waals surface area contributed by atoms with E-state index in [9.17, 15) is 9.59 Å². The number of hydrogen-bond donors (Lipinski definition) is 2. The molecule has 0 saturated heterocycles. The third-order valence-corrected chi connectivity index (χ3v) is 3.56. The Balaban J connectivity index is 1.98. The minimum atomic E-state index is -0.246. The second-order valence-electron chi connectivity index (χ2n) is 5.66. The molecule has 0 spiro atoms. The lowest BCUT2D eigenvalue weighted by Crippen LogP contribution is -2.27. The minimum Gasteiger partial charge on any atom is -0.494 e. The summed E-state index contributed by atoms with van der Waals surface area (Å²) in [4.78, 5) is 24.4. The number of rotatable bonds is 9. The van der Waals surface area contributed by atoms with Crippen molar-refractivity contribution in [2.24, 2.45) is 0 Å². The van der Waals surface area contributed by atoms with E-state index in [4.69, 9.17) is 9.47 Å². The molecule has 26 heavy (non-hydrogen) atoms. The van der Waals surface area contributed by atoms with E-state index in [1.807, 2.05) is 6.92 Å². The molecule has 138 valence electrons. The summed E-state index contributed by atoms with van der Waals surface area (Å²) < 4.78 is 10.4. The summed E-state index contributed by atoms with van der Waals surface area (Å²) in [5.41, 5.74) is 1.55. The van der Waals surface area contributed by atoms with E-state index in [1.54, 1.807) is 55.6 Å². The zero-order chi connectivity index (χ0) is 18.8. The summed E-state index contributed by atoms with van der Waals surface area (Å²) in [6.07, 6.45) is 0.928. The number of nitrogens with one attached hydrogen (secondary N) is 2. The number of hydrogen-bond acceptors (Lipinski definition) is 4. The molecular weight excluding hydrogens is 332 g/mol. The molecule has 0 heterocycles. The van der Waals surface area contributed by atoms with E-state index in [2.05, 4.69) is 10.6 Å². The fourth-order valence-corrected chi connectivity index (χ4v) is 2.23. The highest BCUT2D eigenvalue weighted by atomic mass is 16.5. The van der Waals surface area contributed by atoms with Gasteiger partial charge in [-0.3, -0.25) is 9.59 Å². The van der Waals surface area contributed by atoms with Gasteiger partial charge in [0.05, 0.1) is 13.2 Å². The predicted octanol–water partition coefficient (Wildman–Crippen LogP) is 3.10. The number of amides is 2. The number of carbonyl (C=O) groups is 2. The lowest BCUT2D eigenvalue weighted by molar-refractivity contribution is 0.0936. The van der Waals surface area contributed by atoms with Gasteiger partial charge in [-0.25, -0.2) is 0 Å². The van der Waals surface area contributed by atoms with Crippen molar-refractivity contribution in [1.82, 2.24) is 5.32 Å². The Labute approximate surface area is 153 Å².